The Bertz CT molecular complexity index is 1230. The number of fused-ring (bicyclic) bond motifs is 1. The number of nitrogens with two attached hydrogens (primary N) is 1. The lowest BCUT2D eigenvalue weighted by molar-refractivity contribution is 0.124. The van der Waals surface area contributed by atoms with Crippen LogP contribution < -0.4 is 10.6 Å². The van der Waals surface area contributed by atoms with Gasteiger partial charge >= 0.3 is 6.03 Å². The molecular formula is C25H31ClN4O3S. The molecule has 0 radical (unpaired) electrons. The van der Waals surface area contributed by atoms with Crippen molar-refractivity contribution in [3.05, 3.63) is 72.3 Å². The number of rotatable bonds is 6. The van der Waals surface area contributed by atoms with Crippen LogP contribution in [0.1, 0.15) is 37.7 Å². The molecule has 3 N–H and O–H groups in total. The average molecular weight is 503 g/mol. The maximum Gasteiger partial charge on any atom is 0.335 e. The summed E-state index contributed by atoms with van der Waals surface area (Å²) in [7, 11) is -2.24. The van der Waals surface area contributed by atoms with E-state index in [0.29, 0.717) is 5.69 Å². The summed E-state index contributed by atoms with van der Waals surface area (Å²) in [6.07, 6.45) is 5.17. The number of halogens is 1. The number of anilines is 1. The number of urea groups is 1. The fraction of sp³-hybridized carbons (Fsp3) is 0.320. The number of carbonyl (C=O) groups is 1. The van der Waals surface area contributed by atoms with E-state index in [9.17, 15) is 13.2 Å². The van der Waals surface area contributed by atoms with E-state index in [1.165, 1.54) is 11.4 Å². The van der Waals surface area contributed by atoms with Gasteiger partial charge in [-0.3, -0.25) is 0 Å². The third kappa shape index (κ3) is 6.00. The number of amides is 2. The molecule has 0 unspecified atom stereocenters. The lowest BCUT2D eigenvalue weighted by Crippen LogP contribution is -2.53. The largest absolute Gasteiger partial charge is 0.399 e. The van der Waals surface area contributed by atoms with Crippen molar-refractivity contribution in [2.24, 2.45) is 0 Å². The van der Waals surface area contributed by atoms with Gasteiger partial charge in [-0.25, -0.2) is 18.2 Å². The number of benzene rings is 3. The SMILES string of the molecule is CN(C(=O)N(Cc1ccc(N)cc1)NS(=O)(=O)c1ccc2ccccc2c1)C1CCCCC1.Cl. The number of hydrogen-bond donors (Lipinski definition) is 2. The van der Waals surface area contributed by atoms with E-state index >= 15 is 0 Å². The molecule has 0 spiro atoms. The minimum atomic E-state index is -3.98. The van der Waals surface area contributed by atoms with E-state index < -0.39 is 10.0 Å². The molecule has 2 amide bonds. The van der Waals surface area contributed by atoms with Crippen molar-refractivity contribution in [3.8, 4) is 0 Å². The minimum absolute atomic E-state index is 0. The Morgan fingerprint density at radius 1 is 0.971 bits per heavy atom. The van der Waals surface area contributed by atoms with Crippen molar-refractivity contribution in [1.29, 1.82) is 0 Å². The number of hydrogen-bond acceptors (Lipinski definition) is 4. The highest BCUT2D eigenvalue weighted by Gasteiger charge is 2.29. The van der Waals surface area contributed by atoms with Gasteiger partial charge in [-0.15, -0.1) is 17.2 Å². The number of nitrogens with zero attached hydrogens (tertiary/aromatic N) is 2. The highest BCUT2D eigenvalue weighted by atomic mass is 35.5. The molecule has 1 aliphatic rings. The molecule has 3 aromatic carbocycles. The maximum atomic E-state index is 13.4. The molecule has 3 aromatic rings. The van der Waals surface area contributed by atoms with Gasteiger partial charge < -0.3 is 10.6 Å². The molecule has 7 nitrogen and oxygen atoms in total. The monoisotopic (exact) mass is 502 g/mol. The standard InChI is InChI=1S/C25H30N4O3S.ClH/c1-28(23-9-3-2-4-10-23)25(30)29(18-19-11-14-22(26)15-12-19)27-33(31,32)24-16-13-20-7-5-6-8-21(20)17-24;/h5-8,11-17,23,27H,2-4,9-10,18,26H2,1H3;1H. The van der Waals surface area contributed by atoms with Gasteiger partial charge in [0.05, 0.1) is 11.4 Å². The molecular weight excluding hydrogens is 472 g/mol. The van der Waals surface area contributed by atoms with Crippen molar-refractivity contribution in [2.75, 3.05) is 12.8 Å². The smallest absolute Gasteiger partial charge is 0.335 e. The van der Waals surface area contributed by atoms with Gasteiger partial charge in [0.2, 0.25) is 0 Å². The van der Waals surface area contributed by atoms with Gasteiger partial charge in [-0.2, -0.15) is 0 Å². The number of sulfonamides is 1. The van der Waals surface area contributed by atoms with Crippen LogP contribution in [0.4, 0.5) is 10.5 Å². The predicted molar refractivity (Wildman–Crippen MR) is 138 cm³/mol. The molecule has 0 heterocycles. The molecule has 34 heavy (non-hydrogen) atoms. The molecule has 182 valence electrons. The summed E-state index contributed by atoms with van der Waals surface area (Å²) in [6.45, 7) is 0.0863. The fourth-order valence-corrected chi connectivity index (χ4v) is 5.36. The van der Waals surface area contributed by atoms with Crippen LogP contribution in [0.2, 0.25) is 0 Å². The van der Waals surface area contributed by atoms with Crippen LogP contribution >= 0.6 is 12.4 Å². The van der Waals surface area contributed by atoms with E-state index in [2.05, 4.69) is 4.83 Å². The maximum absolute atomic E-state index is 13.4. The first-order valence-electron chi connectivity index (χ1n) is 11.2. The number of carbonyl (C=O) groups excluding carboxylic acids is 1. The summed E-state index contributed by atoms with van der Waals surface area (Å²) in [5.41, 5.74) is 7.16. The van der Waals surface area contributed by atoms with Gasteiger partial charge in [-0.05, 0) is 53.4 Å². The van der Waals surface area contributed by atoms with E-state index in [0.717, 1.165) is 42.0 Å². The Labute approximate surface area is 207 Å². The second-order valence-electron chi connectivity index (χ2n) is 8.62. The summed E-state index contributed by atoms with van der Waals surface area (Å²) in [4.78, 5) is 17.7. The quantitative estimate of drug-likeness (QED) is 0.369. The zero-order valence-corrected chi connectivity index (χ0v) is 20.8. The highest BCUT2D eigenvalue weighted by Crippen LogP contribution is 2.24. The van der Waals surface area contributed by atoms with E-state index in [4.69, 9.17) is 5.73 Å². The van der Waals surface area contributed by atoms with Gasteiger partial charge in [0.25, 0.3) is 10.0 Å². The number of nitrogens with one attached hydrogen (secondary N) is 1. The van der Waals surface area contributed by atoms with Crippen molar-refractivity contribution in [1.82, 2.24) is 14.7 Å². The number of hydrazine groups is 1. The topological polar surface area (TPSA) is 95.7 Å². The minimum Gasteiger partial charge on any atom is -0.399 e. The van der Waals surface area contributed by atoms with Crippen molar-refractivity contribution in [2.45, 2.75) is 49.6 Å². The van der Waals surface area contributed by atoms with Crippen LogP contribution in [-0.2, 0) is 16.6 Å². The Morgan fingerprint density at radius 3 is 2.29 bits per heavy atom. The summed E-state index contributed by atoms with van der Waals surface area (Å²) in [5.74, 6) is 0. The zero-order chi connectivity index (χ0) is 23.4. The van der Waals surface area contributed by atoms with Crippen LogP contribution in [0.3, 0.4) is 0 Å². The van der Waals surface area contributed by atoms with Crippen LogP contribution in [0.25, 0.3) is 10.8 Å². The summed E-state index contributed by atoms with van der Waals surface area (Å²) < 4.78 is 26.6. The van der Waals surface area contributed by atoms with Gasteiger partial charge in [0.1, 0.15) is 0 Å². The van der Waals surface area contributed by atoms with Crippen molar-refractivity contribution >= 4 is 44.9 Å². The Hall–Kier alpha value is -2.81. The van der Waals surface area contributed by atoms with E-state index in [1.807, 2.05) is 24.3 Å². The normalized spacial score (nSPS) is 14.4. The van der Waals surface area contributed by atoms with Crippen LogP contribution in [-0.4, -0.2) is 37.4 Å². The molecule has 1 saturated carbocycles. The first-order chi connectivity index (χ1) is 15.8. The molecule has 0 bridgehead atoms. The fourth-order valence-electron chi connectivity index (χ4n) is 4.29. The molecule has 1 fully saturated rings. The van der Waals surface area contributed by atoms with Gasteiger partial charge in [0.15, 0.2) is 0 Å². The molecule has 0 atom stereocenters. The predicted octanol–water partition coefficient (Wildman–Crippen LogP) is 4.92. The molecule has 0 aliphatic heterocycles. The van der Waals surface area contributed by atoms with Crippen LogP contribution in [0, 0.1) is 0 Å². The first-order valence-corrected chi connectivity index (χ1v) is 12.7. The van der Waals surface area contributed by atoms with Gasteiger partial charge in [-0.1, -0.05) is 61.7 Å². The van der Waals surface area contributed by atoms with Crippen molar-refractivity contribution in [3.63, 3.8) is 0 Å². The third-order valence-electron chi connectivity index (χ3n) is 6.24. The van der Waals surface area contributed by atoms with E-state index in [1.54, 1.807) is 54.4 Å². The number of nitrogen functional groups attached to an aromatic ring is 1. The summed E-state index contributed by atoms with van der Waals surface area (Å²) in [5, 5.41) is 2.95. The first kappa shape index (κ1) is 25.8. The Kier molecular flexibility index (Phi) is 8.41. The van der Waals surface area contributed by atoms with Crippen LogP contribution in [0.15, 0.2) is 71.6 Å². The second-order valence-corrected chi connectivity index (χ2v) is 10.3. The average Bonchev–Trinajstić information content (AvgIpc) is 2.84. The lowest BCUT2D eigenvalue weighted by atomic mass is 9.95. The molecule has 4 rings (SSSR count). The third-order valence-corrected chi connectivity index (χ3v) is 7.57. The Morgan fingerprint density at radius 2 is 1.62 bits per heavy atom. The molecule has 9 heteroatoms. The highest BCUT2D eigenvalue weighted by molar-refractivity contribution is 7.89. The van der Waals surface area contributed by atoms with Crippen LogP contribution in [0.5, 0.6) is 0 Å². The van der Waals surface area contributed by atoms with Gasteiger partial charge in [0, 0.05) is 18.8 Å². The lowest BCUT2D eigenvalue weighted by Gasteiger charge is -2.35. The molecule has 1 aliphatic carbocycles. The summed E-state index contributed by atoms with van der Waals surface area (Å²) >= 11 is 0. The zero-order valence-electron chi connectivity index (χ0n) is 19.2. The molecule has 0 saturated heterocycles. The molecule has 0 aromatic heterocycles. The van der Waals surface area contributed by atoms with E-state index in [-0.39, 0.29) is 35.9 Å². The Balaban J connectivity index is 0.00000324. The summed E-state index contributed by atoms with van der Waals surface area (Å²) in [6, 6.07) is 19.3. The second kappa shape index (κ2) is 11.1. The van der Waals surface area contributed by atoms with Crippen molar-refractivity contribution < 1.29 is 13.2 Å².